The Balaban J connectivity index is 1.87. The molecule has 2 rings (SSSR count). The number of benzene rings is 1. The Hall–Kier alpha value is -1.60. The van der Waals surface area contributed by atoms with Crippen molar-refractivity contribution in [1.82, 2.24) is 10.0 Å². The van der Waals surface area contributed by atoms with Gasteiger partial charge in [-0.1, -0.05) is 12.1 Å². The largest absolute Gasteiger partial charge is 0.398 e. The SMILES string of the molecule is Nc1ccccc1S(=O)(=O)NCCC(=O)NC1CC1. The van der Waals surface area contributed by atoms with Crippen LogP contribution in [0.1, 0.15) is 19.3 Å². The zero-order chi connectivity index (χ0) is 13.9. The smallest absolute Gasteiger partial charge is 0.242 e. The molecule has 0 atom stereocenters. The summed E-state index contributed by atoms with van der Waals surface area (Å²) in [7, 11) is -3.65. The predicted molar refractivity (Wildman–Crippen MR) is 71.8 cm³/mol. The van der Waals surface area contributed by atoms with Crippen LogP contribution < -0.4 is 15.8 Å². The standard InChI is InChI=1S/C12H17N3O3S/c13-10-3-1-2-4-11(10)19(17,18)14-8-7-12(16)15-9-5-6-9/h1-4,9,14H,5-8,13H2,(H,15,16). The number of carbonyl (C=O) groups is 1. The molecule has 0 spiro atoms. The second kappa shape index (κ2) is 5.58. The zero-order valence-electron chi connectivity index (χ0n) is 10.4. The Morgan fingerprint density at radius 1 is 1.32 bits per heavy atom. The summed E-state index contributed by atoms with van der Waals surface area (Å²) in [4.78, 5) is 11.5. The maximum Gasteiger partial charge on any atom is 0.242 e. The molecule has 1 fully saturated rings. The molecule has 1 amide bonds. The summed E-state index contributed by atoms with van der Waals surface area (Å²) < 4.78 is 26.3. The topological polar surface area (TPSA) is 101 Å². The molecule has 1 aromatic rings. The summed E-state index contributed by atoms with van der Waals surface area (Å²) in [6, 6.07) is 6.51. The molecule has 0 heterocycles. The number of para-hydroxylation sites is 1. The average molecular weight is 283 g/mol. The highest BCUT2D eigenvalue weighted by atomic mass is 32.2. The third-order valence-electron chi connectivity index (χ3n) is 2.80. The van der Waals surface area contributed by atoms with Gasteiger partial charge in [-0.15, -0.1) is 0 Å². The molecule has 0 unspecified atom stereocenters. The summed E-state index contributed by atoms with van der Waals surface area (Å²) in [6.45, 7) is 0.0647. The lowest BCUT2D eigenvalue weighted by molar-refractivity contribution is -0.121. The van der Waals surface area contributed by atoms with Gasteiger partial charge in [0, 0.05) is 19.0 Å². The van der Waals surface area contributed by atoms with E-state index < -0.39 is 10.0 Å². The number of rotatable bonds is 6. The number of hydrogen-bond donors (Lipinski definition) is 3. The Bertz CT molecular complexity index is 567. The molecule has 0 bridgehead atoms. The first kappa shape index (κ1) is 13.8. The summed E-state index contributed by atoms with van der Waals surface area (Å²) >= 11 is 0. The van der Waals surface area contributed by atoms with E-state index in [1.807, 2.05) is 0 Å². The molecule has 19 heavy (non-hydrogen) atoms. The van der Waals surface area contributed by atoms with Crippen LogP contribution in [0, 0.1) is 0 Å². The third kappa shape index (κ3) is 3.93. The van der Waals surface area contributed by atoms with Crippen molar-refractivity contribution in [2.24, 2.45) is 0 Å². The Labute approximate surface area is 112 Å². The number of nitrogens with two attached hydrogens (primary N) is 1. The molecule has 1 aliphatic rings. The van der Waals surface area contributed by atoms with Gasteiger partial charge in [0.15, 0.2) is 0 Å². The molecular formula is C12H17N3O3S. The van der Waals surface area contributed by atoms with Crippen molar-refractivity contribution >= 4 is 21.6 Å². The minimum absolute atomic E-state index is 0.0394. The molecule has 104 valence electrons. The highest BCUT2D eigenvalue weighted by Crippen LogP contribution is 2.19. The van der Waals surface area contributed by atoms with E-state index in [2.05, 4.69) is 10.0 Å². The van der Waals surface area contributed by atoms with Crippen LogP contribution in [0.25, 0.3) is 0 Å². The second-order valence-corrected chi connectivity index (χ2v) is 6.26. The Morgan fingerprint density at radius 3 is 2.63 bits per heavy atom. The van der Waals surface area contributed by atoms with Crippen molar-refractivity contribution in [2.75, 3.05) is 12.3 Å². The van der Waals surface area contributed by atoms with E-state index in [9.17, 15) is 13.2 Å². The quantitative estimate of drug-likeness (QED) is 0.650. The van der Waals surface area contributed by atoms with Crippen molar-refractivity contribution in [2.45, 2.75) is 30.2 Å². The second-order valence-electron chi connectivity index (χ2n) is 4.53. The summed E-state index contributed by atoms with van der Waals surface area (Å²) in [6.07, 6.45) is 2.15. The van der Waals surface area contributed by atoms with E-state index in [1.54, 1.807) is 12.1 Å². The molecular weight excluding hydrogens is 266 g/mol. The summed E-state index contributed by atoms with van der Waals surface area (Å²) in [5, 5.41) is 2.79. The van der Waals surface area contributed by atoms with Crippen LogP contribution in [0.2, 0.25) is 0 Å². The van der Waals surface area contributed by atoms with Gasteiger partial charge in [-0.25, -0.2) is 13.1 Å². The van der Waals surface area contributed by atoms with Gasteiger partial charge in [0.1, 0.15) is 4.90 Å². The van der Waals surface area contributed by atoms with Crippen LogP contribution in [0.15, 0.2) is 29.2 Å². The minimum Gasteiger partial charge on any atom is -0.398 e. The van der Waals surface area contributed by atoms with E-state index in [0.717, 1.165) is 12.8 Å². The normalized spacial score (nSPS) is 15.2. The van der Waals surface area contributed by atoms with E-state index in [1.165, 1.54) is 12.1 Å². The molecule has 0 aromatic heterocycles. The predicted octanol–water partition coefficient (Wildman–Crippen LogP) is 0.216. The van der Waals surface area contributed by atoms with Gasteiger partial charge in [-0.3, -0.25) is 4.79 Å². The van der Waals surface area contributed by atoms with Crippen molar-refractivity contribution in [3.63, 3.8) is 0 Å². The van der Waals surface area contributed by atoms with Gasteiger partial charge in [0.2, 0.25) is 15.9 Å². The Morgan fingerprint density at radius 2 is 2.00 bits per heavy atom. The minimum atomic E-state index is -3.65. The van der Waals surface area contributed by atoms with Gasteiger partial charge in [-0.2, -0.15) is 0 Å². The van der Waals surface area contributed by atoms with Gasteiger partial charge in [0.05, 0.1) is 5.69 Å². The van der Waals surface area contributed by atoms with E-state index >= 15 is 0 Å². The fourth-order valence-electron chi connectivity index (χ4n) is 1.63. The van der Waals surface area contributed by atoms with Gasteiger partial charge >= 0.3 is 0 Å². The van der Waals surface area contributed by atoms with Crippen LogP contribution in [-0.4, -0.2) is 26.9 Å². The molecule has 6 nitrogen and oxygen atoms in total. The van der Waals surface area contributed by atoms with Crippen molar-refractivity contribution in [3.05, 3.63) is 24.3 Å². The Kier molecular flexibility index (Phi) is 4.06. The first-order chi connectivity index (χ1) is 8.99. The van der Waals surface area contributed by atoms with Gasteiger partial charge < -0.3 is 11.1 Å². The first-order valence-corrected chi connectivity index (χ1v) is 7.61. The monoisotopic (exact) mass is 283 g/mol. The van der Waals surface area contributed by atoms with Crippen molar-refractivity contribution < 1.29 is 13.2 Å². The lowest BCUT2D eigenvalue weighted by Gasteiger charge is -2.08. The van der Waals surface area contributed by atoms with Crippen LogP contribution in [-0.2, 0) is 14.8 Å². The van der Waals surface area contributed by atoms with Crippen LogP contribution in [0.4, 0.5) is 5.69 Å². The molecule has 0 aliphatic heterocycles. The molecule has 1 aliphatic carbocycles. The summed E-state index contributed by atoms with van der Waals surface area (Å²) in [5.74, 6) is -0.133. The molecule has 0 saturated heterocycles. The number of nitrogen functional groups attached to an aromatic ring is 1. The van der Waals surface area contributed by atoms with Crippen LogP contribution in [0.3, 0.4) is 0 Å². The number of amides is 1. The van der Waals surface area contributed by atoms with E-state index in [-0.39, 0.29) is 35.5 Å². The highest BCUT2D eigenvalue weighted by Gasteiger charge is 2.23. The fourth-order valence-corrected chi connectivity index (χ4v) is 2.79. The zero-order valence-corrected chi connectivity index (χ0v) is 11.2. The number of hydrogen-bond acceptors (Lipinski definition) is 4. The first-order valence-electron chi connectivity index (χ1n) is 6.12. The van der Waals surface area contributed by atoms with E-state index in [0.29, 0.717) is 0 Å². The molecule has 4 N–H and O–H groups in total. The number of nitrogens with one attached hydrogen (secondary N) is 2. The van der Waals surface area contributed by atoms with Crippen molar-refractivity contribution in [3.8, 4) is 0 Å². The third-order valence-corrected chi connectivity index (χ3v) is 4.33. The molecule has 7 heteroatoms. The molecule has 1 aromatic carbocycles. The maximum absolute atomic E-state index is 11.9. The number of anilines is 1. The average Bonchev–Trinajstić information content (AvgIpc) is 3.13. The number of sulfonamides is 1. The van der Waals surface area contributed by atoms with E-state index in [4.69, 9.17) is 5.73 Å². The van der Waals surface area contributed by atoms with Gasteiger partial charge in [0.25, 0.3) is 0 Å². The molecule has 0 radical (unpaired) electrons. The maximum atomic E-state index is 11.9. The lowest BCUT2D eigenvalue weighted by Crippen LogP contribution is -2.32. The van der Waals surface area contributed by atoms with Crippen LogP contribution >= 0.6 is 0 Å². The fraction of sp³-hybridized carbons (Fsp3) is 0.417. The van der Waals surface area contributed by atoms with Crippen molar-refractivity contribution in [1.29, 1.82) is 0 Å². The summed E-state index contributed by atoms with van der Waals surface area (Å²) in [5.41, 5.74) is 5.81. The molecule has 1 saturated carbocycles. The number of carbonyl (C=O) groups excluding carboxylic acids is 1. The van der Waals surface area contributed by atoms with Crippen LogP contribution in [0.5, 0.6) is 0 Å². The highest BCUT2D eigenvalue weighted by molar-refractivity contribution is 7.89. The lowest BCUT2D eigenvalue weighted by atomic mass is 10.3. The van der Waals surface area contributed by atoms with Gasteiger partial charge in [-0.05, 0) is 25.0 Å².